The maximum Gasteiger partial charge on any atom is 0.157 e. The zero-order chi connectivity index (χ0) is 21.8. The van der Waals surface area contributed by atoms with Crippen molar-refractivity contribution in [3.63, 3.8) is 0 Å². The summed E-state index contributed by atoms with van der Waals surface area (Å²) in [6.07, 6.45) is 16.8. The van der Waals surface area contributed by atoms with Gasteiger partial charge in [-0.15, -0.1) is 0 Å². The number of hydrogen-bond donors (Lipinski definition) is 2. The number of allylic oxidation sites excluding steroid dienone is 8. The van der Waals surface area contributed by atoms with Crippen molar-refractivity contribution in [3.05, 3.63) is 69.9 Å². The molecule has 0 atom stereocenters. The van der Waals surface area contributed by atoms with Gasteiger partial charge in [-0.1, -0.05) is 46.6 Å². The zero-order valence-corrected chi connectivity index (χ0v) is 19.3. The summed E-state index contributed by atoms with van der Waals surface area (Å²) in [7, 11) is 0. The minimum Gasteiger partial charge on any atom is -0.504 e. The maximum absolute atomic E-state index is 9.68. The van der Waals surface area contributed by atoms with Crippen LogP contribution >= 0.6 is 0 Å². The van der Waals surface area contributed by atoms with E-state index < -0.39 is 0 Å². The van der Waals surface area contributed by atoms with Gasteiger partial charge in [-0.3, -0.25) is 0 Å². The Balaban J connectivity index is 2.39. The molecule has 0 aliphatic heterocycles. The summed E-state index contributed by atoms with van der Waals surface area (Å²) in [6, 6.07) is 3.28. The molecule has 2 N–H and O–H groups in total. The highest BCUT2D eigenvalue weighted by Gasteiger charge is 2.04. The smallest absolute Gasteiger partial charge is 0.157 e. The molecule has 0 aliphatic rings. The number of phenols is 2. The average molecular weight is 397 g/mol. The van der Waals surface area contributed by atoms with Crippen molar-refractivity contribution in [1.82, 2.24) is 0 Å². The molecule has 1 aromatic carbocycles. The molecule has 1 aromatic rings. The van der Waals surface area contributed by atoms with Gasteiger partial charge in [-0.05, 0) is 110 Å². The number of rotatable bonds is 11. The van der Waals surface area contributed by atoms with Gasteiger partial charge in [0.2, 0.25) is 0 Å². The van der Waals surface area contributed by atoms with Crippen molar-refractivity contribution in [3.8, 4) is 11.5 Å². The van der Waals surface area contributed by atoms with E-state index in [1.165, 1.54) is 22.3 Å². The van der Waals surface area contributed by atoms with Gasteiger partial charge in [0.15, 0.2) is 11.5 Å². The van der Waals surface area contributed by atoms with E-state index in [0.717, 1.165) is 56.1 Å². The van der Waals surface area contributed by atoms with Crippen molar-refractivity contribution in [2.24, 2.45) is 0 Å². The van der Waals surface area contributed by atoms with Gasteiger partial charge in [0, 0.05) is 0 Å². The molecular weight excluding hydrogens is 356 g/mol. The molecule has 0 spiro atoms. The molecule has 0 bridgehead atoms. The third-order valence-corrected chi connectivity index (χ3v) is 5.26. The molecule has 0 amide bonds. The first-order valence-corrected chi connectivity index (χ1v) is 10.8. The van der Waals surface area contributed by atoms with E-state index >= 15 is 0 Å². The molecule has 29 heavy (non-hydrogen) atoms. The Kier molecular flexibility index (Phi) is 11.2. The number of hydrogen-bond acceptors (Lipinski definition) is 2. The highest BCUT2D eigenvalue weighted by molar-refractivity contribution is 5.45. The van der Waals surface area contributed by atoms with Gasteiger partial charge in [-0.25, -0.2) is 0 Å². The lowest BCUT2D eigenvalue weighted by atomic mass is 10.0. The minimum atomic E-state index is -0.0505. The second kappa shape index (κ2) is 13.1. The van der Waals surface area contributed by atoms with Crippen LogP contribution in [0.15, 0.2) is 58.7 Å². The Hall–Kier alpha value is -2.22. The largest absolute Gasteiger partial charge is 0.504 e. The maximum atomic E-state index is 9.68. The quantitative estimate of drug-likeness (QED) is 0.293. The van der Waals surface area contributed by atoms with Crippen LogP contribution in [-0.2, 0) is 6.42 Å². The average Bonchev–Trinajstić information content (AvgIpc) is 2.63. The molecule has 0 saturated carbocycles. The molecular formula is C27H40O2. The molecule has 0 fully saturated rings. The van der Waals surface area contributed by atoms with Crippen molar-refractivity contribution >= 4 is 0 Å². The Labute approximate surface area is 178 Å². The lowest BCUT2D eigenvalue weighted by Gasteiger charge is -2.07. The topological polar surface area (TPSA) is 40.5 Å². The van der Waals surface area contributed by atoms with Crippen LogP contribution < -0.4 is 0 Å². The van der Waals surface area contributed by atoms with Gasteiger partial charge >= 0.3 is 0 Å². The van der Waals surface area contributed by atoms with Gasteiger partial charge < -0.3 is 10.2 Å². The van der Waals surface area contributed by atoms with Crippen molar-refractivity contribution in [2.45, 2.75) is 86.5 Å². The lowest BCUT2D eigenvalue weighted by Crippen LogP contribution is -1.89. The second-order valence-electron chi connectivity index (χ2n) is 8.52. The van der Waals surface area contributed by atoms with E-state index in [4.69, 9.17) is 0 Å². The Morgan fingerprint density at radius 3 is 1.66 bits per heavy atom. The minimum absolute atomic E-state index is 0.0450. The summed E-state index contributed by atoms with van der Waals surface area (Å²) in [5, 5.41) is 19.2. The fourth-order valence-electron chi connectivity index (χ4n) is 3.22. The monoisotopic (exact) mass is 396 g/mol. The van der Waals surface area contributed by atoms with Crippen LogP contribution in [0.25, 0.3) is 0 Å². The van der Waals surface area contributed by atoms with Crippen LogP contribution in [0.2, 0.25) is 0 Å². The van der Waals surface area contributed by atoms with Crippen molar-refractivity contribution in [2.75, 3.05) is 0 Å². The fraction of sp³-hybridized carbons (Fsp3) is 0.481. The highest BCUT2D eigenvalue weighted by atomic mass is 16.3. The third kappa shape index (κ3) is 10.8. The van der Waals surface area contributed by atoms with Crippen LogP contribution in [0.5, 0.6) is 11.5 Å². The third-order valence-electron chi connectivity index (χ3n) is 5.26. The van der Waals surface area contributed by atoms with Crippen molar-refractivity contribution < 1.29 is 10.2 Å². The molecule has 2 nitrogen and oxygen atoms in total. The van der Waals surface area contributed by atoms with E-state index in [0.29, 0.717) is 0 Å². The molecule has 0 heterocycles. The van der Waals surface area contributed by atoms with Gasteiger partial charge in [0.05, 0.1) is 0 Å². The second-order valence-corrected chi connectivity index (χ2v) is 8.52. The van der Waals surface area contributed by atoms with E-state index in [9.17, 15) is 10.2 Å². The van der Waals surface area contributed by atoms with Crippen LogP contribution in [-0.4, -0.2) is 10.2 Å². The summed E-state index contributed by atoms with van der Waals surface area (Å²) in [4.78, 5) is 0. The number of aromatic hydroxyl groups is 2. The van der Waals surface area contributed by atoms with Gasteiger partial charge in [0.1, 0.15) is 0 Å². The summed E-state index contributed by atoms with van der Waals surface area (Å²) in [6.45, 7) is 12.9. The predicted octanol–water partition coefficient (Wildman–Crippen LogP) is 8.09. The van der Waals surface area contributed by atoms with Gasteiger partial charge in [-0.2, -0.15) is 0 Å². The van der Waals surface area contributed by atoms with Crippen LogP contribution in [0.3, 0.4) is 0 Å². The van der Waals surface area contributed by atoms with E-state index in [1.807, 2.05) is 6.92 Å². The number of phenolic OH excluding ortho intramolecular Hbond substituents is 2. The standard InChI is InChI=1S/C27H40O2/c1-20(2)10-7-11-21(3)12-8-13-22(4)14-9-15-23(5)16-17-25-19-27(29)26(28)18-24(25)6/h10,12,14,16,18-19,28-29H,7-9,11,13,15,17H2,1-6H3. The molecule has 0 unspecified atom stereocenters. The van der Waals surface area contributed by atoms with E-state index in [1.54, 1.807) is 12.1 Å². The van der Waals surface area contributed by atoms with Crippen molar-refractivity contribution in [1.29, 1.82) is 0 Å². The Morgan fingerprint density at radius 2 is 1.14 bits per heavy atom. The number of aryl methyl sites for hydroxylation is 1. The van der Waals surface area contributed by atoms with Gasteiger partial charge in [0.25, 0.3) is 0 Å². The Bertz CT molecular complexity index is 772. The molecule has 1 rings (SSSR count). The van der Waals surface area contributed by atoms with Crippen LogP contribution in [0.1, 0.15) is 84.3 Å². The molecule has 160 valence electrons. The summed E-state index contributed by atoms with van der Waals surface area (Å²) in [5.41, 5.74) is 7.77. The van der Waals surface area contributed by atoms with E-state index in [2.05, 4.69) is 58.9 Å². The van der Waals surface area contributed by atoms with E-state index in [-0.39, 0.29) is 11.5 Å². The first-order valence-electron chi connectivity index (χ1n) is 10.8. The van der Waals surface area contributed by atoms with Crippen LogP contribution in [0.4, 0.5) is 0 Å². The summed E-state index contributed by atoms with van der Waals surface area (Å²) < 4.78 is 0. The number of benzene rings is 1. The molecule has 0 radical (unpaired) electrons. The summed E-state index contributed by atoms with van der Waals surface area (Å²) in [5.74, 6) is -0.0954. The van der Waals surface area contributed by atoms with Crippen LogP contribution in [0, 0.1) is 6.92 Å². The first kappa shape index (κ1) is 24.8. The molecule has 0 saturated heterocycles. The zero-order valence-electron chi connectivity index (χ0n) is 19.3. The molecule has 0 aliphatic carbocycles. The summed E-state index contributed by atoms with van der Waals surface area (Å²) >= 11 is 0. The first-order chi connectivity index (χ1) is 13.7. The lowest BCUT2D eigenvalue weighted by molar-refractivity contribution is 0.403. The highest BCUT2D eigenvalue weighted by Crippen LogP contribution is 2.28. The molecule has 0 aromatic heterocycles. The predicted molar refractivity (Wildman–Crippen MR) is 127 cm³/mol. The Morgan fingerprint density at radius 1 is 0.690 bits per heavy atom. The molecule has 2 heteroatoms. The normalized spacial score (nSPS) is 13.0. The fourth-order valence-corrected chi connectivity index (χ4v) is 3.22. The SMILES string of the molecule is CC(C)=CCCC(C)=CCCC(C)=CCCC(C)=CCc1cc(O)c(O)cc1C.